The highest BCUT2D eigenvalue weighted by Crippen LogP contribution is 2.12. The molecular weight excluding hydrogens is 177 g/mol. The monoisotopic (exact) mass is 191 g/mol. The summed E-state index contributed by atoms with van der Waals surface area (Å²) in [4.78, 5) is 0. The van der Waals surface area contributed by atoms with E-state index < -0.39 is 0 Å². The molecule has 74 valence electrons. The first kappa shape index (κ1) is 10.7. The average Bonchev–Trinajstić information content (AvgIpc) is 2.19. The molecule has 0 aromatic heterocycles. The Morgan fingerprint density at radius 1 is 1.57 bits per heavy atom. The second-order valence-electron chi connectivity index (χ2n) is 3.11. The molecule has 0 aliphatic heterocycles. The summed E-state index contributed by atoms with van der Waals surface area (Å²) in [6, 6.07) is 6.19. The van der Waals surface area contributed by atoms with Gasteiger partial charge in [0.25, 0.3) is 0 Å². The number of benzene rings is 1. The first-order chi connectivity index (χ1) is 6.77. The van der Waals surface area contributed by atoms with E-state index in [0.29, 0.717) is 0 Å². The van der Waals surface area contributed by atoms with Crippen LogP contribution < -0.4 is 5.32 Å². The molecule has 14 heavy (non-hydrogen) atoms. The van der Waals surface area contributed by atoms with E-state index in [9.17, 15) is 4.39 Å². The molecule has 0 aliphatic rings. The fourth-order valence-electron chi connectivity index (χ4n) is 1.25. The van der Waals surface area contributed by atoms with Crippen LogP contribution in [0, 0.1) is 18.2 Å². The van der Waals surface area contributed by atoms with Crippen molar-refractivity contribution >= 4 is 0 Å². The van der Waals surface area contributed by atoms with Gasteiger partial charge in [0.15, 0.2) is 0 Å². The summed E-state index contributed by atoms with van der Waals surface area (Å²) >= 11 is 0. The zero-order valence-electron chi connectivity index (χ0n) is 8.26. The maximum absolute atomic E-state index is 12.9. The summed E-state index contributed by atoms with van der Waals surface area (Å²) in [5.74, 6) is 2.35. The first-order valence-corrected chi connectivity index (χ1v) is 4.73. The lowest BCUT2D eigenvalue weighted by Gasteiger charge is -2.12. The van der Waals surface area contributed by atoms with E-state index in [1.807, 2.05) is 6.07 Å². The first-order valence-electron chi connectivity index (χ1n) is 4.73. The lowest BCUT2D eigenvalue weighted by atomic mass is 10.1. The van der Waals surface area contributed by atoms with Gasteiger partial charge in [-0.25, -0.2) is 4.39 Å². The number of nitrogens with one attached hydrogen (secondary N) is 1. The molecule has 1 unspecified atom stereocenters. The molecule has 0 heterocycles. The minimum absolute atomic E-state index is 0.189. The van der Waals surface area contributed by atoms with Gasteiger partial charge in [0.2, 0.25) is 0 Å². The van der Waals surface area contributed by atoms with Crippen LogP contribution in [0.15, 0.2) is 24.3 Å². The standard InChI is InChI=1S/C12H14FN/c1-3-8-14-12(4-2)10-6-5-7-11(13)9-10/h2,5-7,9,12,14H,3,8H2,1H3. The Labute approximate surface area is 84.3 Å². The summed E-state index contributed by atoms with van der Waals surface area (Å²) in [5.41, 5.74) is 0.806. The Bertz CT molecular complexity index is 327. The number of hydrogen-bond donors (Lipinski definition) is 1. The van der Waals surface area contributed by atoms with E-state index in [0.717, 1.165) is 18.5 Å². The van der Waals surface area contributed by atoms with Crippen LogP contribution in [0.3, 0.4) is 0 Å². The highest BCUT2D eigenvalue weighted by Gasteiger charge is 2.06. The summed E-state index contributed by atoms with van der Waals surface area (Å²) in [5, 5.41) is 3.16. The van der Waals surface area contributed by atoms with E-state index in [1.54, 1.807) is 6.07 Å². The average molecular weight is 191 g/mol. The maximum atomic E-state index is 12.9. The predicted molar refractivity (Wildman–Crippen MR) is 56.3 cm³/mol. The molecule has 0 amide bonds. The summed E-state index contributed by atoms with van der Waals surface area (Å²) in [6.07, 6.45) is 6.37. The molecule has 1 rings (SSSR count). The van der Waals surface area contributed by atoms with Gasteiger partial charge >= 0.3 is 0 Å². The lowest BCUT2D eigenvalue weighted by Crippen LogP contribution is -2.20. The molecule has 0 bridgehead atoms. The van der Waals surface area contributed by atoms with Crippen molar-refractivity contribution in [2.75, 3.05) is 6.54 Å². The van der Waals surface area contributed by atoms with Crippen LogP contribution in [0.2, 0.25) is 0 Å². The fourth-order valence-corrected chi connectivity index (χ4v) is 1.25. The van der Waals surface area contributed by atoms with Crippen molar-refractivity contribution in [1.82, 2.24) is 5.32 Å². The molecule has 1 aromatic carbocycles. The van der Waals surface area contributed by atoms with Crippen molar-refractivity contribution < 1.29 is 4.39 Å². The van der Waals surface area contributed by atoms with Gasteiger partial charge in [0.05, 0.1) is 6.04 Å². The van der Waals surface area contributed by atoms with Gasteiger partial charge in [-0.2, -0.15) is 0 Å². The molecule has 1 aromatic rings. The van der Waals surface area contributed by atoms with E-state index >= 15 is 0 Å². The zero-order chi connectivity index (χ0) is 10.4. The number of hydrogen-bond acceptors (Lipinski definition) is 1. The Hall–Kier alpha value is -1.33. The molecule has 1 N–H and O–H groups in total. The van der Waals surface area contributed by atoms with E-state index in [-0.39, 0.29) is 11.9 Å². The van der Waals surface area contributed by atoms with Crippen LogP contribution in [0.5, 0.6) is 0 Å². The van der Waals surface area contributed by atoms with Gasteiger partial charge in [0, 0.05) is 0 Å². The SMILES string of the molecule is C#CC(NCCC)c1cccc(F)c1. The minimum Gasteiger partial charge on any atom is -0.300 e. The van der Waals surface area contributed by atoms with Crippen molar-refractivity contribution in [3.8, 4) is 12.3 Å². The Morgan fingerprint density at radius 3 is 2.93 bits per heavy atom. The highest BCUT2D eigenvalue weighted by molar-refractivity contribution is 5.26. The predicted octanol–water partition coefficient (Wildman–Crippen LogP) is 2.50. The van der Waals surface area contributed by atoms with Gasteiger partial charge < -0.3 is 5.32 Å². The Balaban J connectivity index is 2.75. The molecule has 1 atom stereocenters. The van der Waals surface area contributed by atoms with Crippen molar-refractivity contribution in [1.29, 1.82) is 0 Å². The Kier molecular flexibility index (Phi) is 4.15. The molecule has 0 aliphatic carbocycles. The minimum atomic E-state index is -0.249. The second kappa shape index (κ2) is 5.41. The normalized spacial score (nSPS) is 12.1. The molecule has 1 nitrogen and oxygen atoms in total. The number of halogens is 1. The van der Waals surface area contributed by atoms with Gasteiger partial charge in [-0.3, -0.25) is 0 Å². The number of terminal acetylenes is 1. The highest BCUT2D eigenvalue weighted by atomic mass is 19.1. The lowest BCUT2D eigenvalue weighted by molar-refractivity contribution is 0.604. The summed E-state index contributed by atoms with van der Waals surface area (Å²) in [6.45, 7) is 2.90. The van der Waals surface area contributed by atoms with Gasteiger partial charge in [0.1, 0.15) is 5.82 Å². The van der Waals surface area contributed by atoms with Gasteiger partial charge in [-0.05, 0) is 30.7 Å². The van der Waals surface area contributed by atoms with Crippen LogP contribution >= 0.6 is 0 Å². The largest absolute Gasteiger partial charge is 0.300 e. The van der Waals surface area contributed by atoms with Gasteiger partial charge in [-0.1, -0.05) is 25.0 Å². The molecule has 0 saturated heterocycles. The third kappa shape index (κ3) is 2.86. The summed E-state index contributed by atoms with van der Waals surface area (Å²) < 4.78 is 12.9. The van der Waals surface area contributed by atoms with Crippen LogP contribution in [0.1, 0.15) is 24.9 Å². The van der Waals surface area contributed by atoms with Crippen molar-refractivity contribution in [3.05, 3.63) is 35.6 Å². The van der Waals surface area contributed by atoms with Crippen molar-refractivity contribution in [3.63, 3.8) is 0 Å². The molecular formula is C12H14FN. The van der Waals surface area contributed by atoms with Crippen LogP contribution in [-0.2, 0) is 0 Å². The number of rotatable bonds is 4. The molecule has 0 saturated carbocycles. The maximum Gasteiger partial charge on any atom is 0.123 e. The van der Waals surface area contributed by atoms with Gasteiger partial charge in [-0.15, -0.1) is 6.42 Å². The molecule has 0 fully saturated rings. The van der Waals surface area contributed by atoms with E-state index in [1.165, 1.54) is 12.1 Å². The fraction of sp³-hybridized carbons (Fsp3) is 0.333. The topological polar surface area (TPSA) is 12.0 Å². The summed E-state index contributed by atoms with van der Waals surface area (Å²) in [7, 11) is 0. The van der Waals surface area contributed by atoms with Crippen LogP contribution in [-0.4, -0.2) is 6.54 Å². The quantitative estimate of drug-likeness (QED) is 0.721. The Morgan fingerprint density at radius 2 is 2.36 bits per heavy atom. The molecule has 0 spiro atoms. The molecule has 0 radical (unpaired) electrons. The smallest absolute Gasteiger partial charge is 0.123 e. The van der Waals surface area contributed by atoms with Crippen molar-refractivity contribution in [2.45, 2.75) is 19.4 Å². The van der Waals surface area contributed by atoms with E-state index in [2.05, 4.69) is 18.2 Å². The van der Waals surface area contributed by atoms with Crippen LogP contribution in [0.4, 0.5) is 4.39 Å². The second-order valence-corrected chi connectivity index (χ2v) is 3.11. The third-order valence-corrected chi connectivity index (χ3v) is 1.95. The zero-order valence-corrected chi connectivity index (χ0v) is 8.26. The van der Waals surface area contributed by atoms with Crippen molar-refractivity contribution in [2.24, 2.45) is 0 Å². The van der Waals surface area contributed by atoms with Crippen LogP contribution in [0.25, 0.3) is 0 Å². The molecule has 2 heteroatoms. The van der Waals surface area contributed by atoms with E-state index in [4.69, 9.17) is 6.42 Å². The third-order valence-electron chi connectivity index (χ3n) is 1.95.